The van der Waals surface area contributed by atoms with Crippen LogP contribution in [0.3, 0.4) is 0 Å². The molecule has 2 atom stereocenters. The maximum Gasteiger partial charge on any atom is 0.184 e. The molecule has 1 aromatic carbocycles. The van der Waals surface area contributed by atoms with Gasteiger partial charge in [0.25, 0.3) is 0 Å². The molecule has 1 fully saturated rings. The van der Waals surface area contributed by atoms with Crippen LogP contribution in [0.2, 0.25) is 0 Å². The molecule has 7 nitrogen and oxygen atoms in total. The zero-order chi connectivity index (χ0) is 20.5. The number of nitriles is 1. The molecule has 0 radical (unpaired) electrons. The Morgan fingerprint density at radius 1 is 1.20 bits per heavy atom. The van der Waals surface area contributed by atoms with E-state index < -0.39 is 0 Å². The van der Waals surface area contributed by atoms with Gasteiger partial charge in [-0.25, -0.2) is 15.0 Å². The molecule has 1 aliphatic rings. The van der Waals surface area contributed by atoms with E-state index >= 15 is 0 Å². The lowest BCUT2D eigenvalue weighted by atomic mass is 9.85. The van der Waals surface area contributed by atoms with E-state index in [1.54, 1.807) is 29.9 Å². The average Bonchev–Trinajstić information content (AvgIpc) is 3.36. The van der Waals surface area contributed by atoms with Crippen LogP contribution >= 0.6 is 11.3 Å². The predicted molar refractivity (Wildman–Crippen MR) is 117 cm³/mol. The summed E-state index contributed by atoms with van der Waals surface area (Å²) in [6, 6.07) is 10.5. The third kappa shape index (κ3) is 3.62. The van der Waals surface area contributed by atoms with Gasteiger partial charge in [0.2, 0.25) is 0 Å². The van der Waals surface area contributed by atoms with Gasteiger partial charge in [0.15, 0.2) is 10.8 Å². The molecule has 0 spiro atoms. The molecule has 1 aliphatic carbocycles. The third-order valence-electron chi connectivity index (χ3n) is 5.84. The summed E-state index contributed by atoms with van der Waals surface area (Å²) in [5.74, 6) is 0.310. The number of hydrogen-bond donors (Lipinski definition) is 2. The number of aliphatic hydroxyl groups is 1. The highest BCUT2D eigenvalue weighted by molar-refractivity contribution is 7.22. The van der Waals surface area contributed by atoms with Crippen LogP contribution in [0.15, 0.2) is 36.8 Å². The van der Waals surface area contributed by atoms with Crippen molar-refractivity contribution in [2.45, 2.75) is 38.3 Å². The van der Waals surface area contributed by atoms with Crippen LogP contribution in [0.5, 0.6) is 0 Å². The van der Waals surface area contributed by atoms with Crippen molar-refractivity contribution in [3.8, 4) is 6.07 Å². The molecule has 8 heteroatoms. The predicted octanol–water partition coefficient (Wildman–Crippen LogP) is 3.92. The first kappa shape index (κ1) is 19.0. The summed E-state index contributed by atoms with van der Waals surface area (Å²) in [6.07, 6.45) is 7.90. The summed E-state index contributed by atoms with van der Waals surface area (Å²) in [4.78, 5) is 13.5. The van der Waals surface area contributed by atoms with E-state index in [1.165, 1.54) is 12.8 Å². The average molecular weight is 419 g/mol. The van der Waals surface area contributed by atoms with E-state index in [-0.39, 0.29) is 6.61 Å². The van der Waals surface area contributed by atoms with Crippen molar-refractivity contribution >= 4 is 37.8 Å². The molecule has 152 valence electrons. The number of thiazole rings is 1. The number of anilines is 1. The Balaban J connectivity index is 1.37. The van der Waals surface area contributed by atoms with Gasteiger partial charge in [0.05, 0.1) is 28.7 Å². The van der Waals surface area contributed by atoms with Gasteiger partial charge in [-0.1, -0.05) is 30.2 Å². The van der Waals surface area contributed by atoms with Gasteiger partial charge in [-0.2, -0.15) is 5.26 Å². The molecule has 30 heavy (non-hydrogen) atoms. The van der Waals surface area contributed by atoms with Gasteiger partial charge in [-0.3, -0.25) is 0 Å². The smallest absolute Gasteiger partial charge is 0.184 e. The Morgan fingerprint density at radius 3 is 2.97 bits per heavy atom. The number of aromatic nitrogens is 4. The zero-order valence-corrected chi connectivity index (χ0v) is 17.3. The Hall–Kier alpha value is -3.02. The lowest BCUT2D eigenvalue weighted by Gasteiger charge is -2.30. The number of aliphatic hydroxyl groups excluding tert-OH is 1. The topological polar surface area (TPSA) is 99.7 Å². The fourth-order valence-electron chi connectivity index (χ4n) is 4.23. The third-order valence-corrected chi connectivity index (χ3v) is 6.79. The number of rotatable bonds is 5. The lowest BCUT2D eigenvalue weighted by Crippen LogP contribution is -2.34. The van der Waals surface area contributed by atoms with Crippen molar-refractivity contribution in [2.75, 3.05) is 11.9 Å². The Labute approximate surface area is 178 Å². The van der Waals surface area contributed by atoms with E-state index in [0.717, 1.165) is 44.9 Å². The summed E-state index contributed by atoms with van der Waals surface area (Å²) in [5.41, 5.74) is 4.14. The molecule has 2 N–H and O–H groups in total. The van der Waals surface area contributed by atoms with E-state index in [9.17, 15) is 5.11 Å². The highest BCUT2D eigenvalue weighted by Crippen LogP contribution is 2.32. The van der Waals surface area contributed by atoms with Gasteiger partial charge in [0.1, 0.15) is 11.6 Å². The Morgan fingerprint density at radius 2 is 2.10 bits per heavy atom. The van der Waals surface area contributed by atoms with Crippen molar-refractivity contribution in [1.29, 1.82) is 5.26 Å². The van der Waals surface area contributed by atoms with Gasteiger partial charge in [0, 0.05) is 24.8 Å². The van der Waals surface area contributed by atoms with Crippen LogP contribution in [-0.2, 0) is 6.54 Å². The zero-order valence-electron chi connectivity index (χ0n) is 16.5. The minimum atomic E-state index is 0.232. The molecule has 0 aliphatic heterocycles. The molecular weight excluding hydrogens is 396 g/mol. The van der Waals surface area contributed by atoms with Crippen LogP contribution in [-0.4, -0.2) is 37.3 Å². The van der Waals surface area contributed by atoms with Crippen molar-refractivity contribution in [3.05, 3.63) is 47.9 Å². The largest absolute Gasteiger partial charge is 0.396 e. The minimum Gasteiger partial charge on any atom is -0.396 e. The van der Waals surface area contributed by atoms with Crippen LogP contribution in [0.4, 0.5) is 5.13 Å². The second-order valence-corrected chi connectivity index (χ2v) is 8.88. The summed E-state index contributed by atoms with van der Waals surface area (Å²) in [6.45, 7) is 0.886. The highest BCUT2D eigenvalue weighted by Gasteiger charge is 2.25. The number of hydrogen-bond acceptors (Lipinski definition) is 7. The monoisotopic (exact) mass is 418 g/mol. The summed E-state index contributed by atoms with van der Waals surface area (Å²) in [5, 5.41) is 23.2. The molecule has 0 saturated heterocycles. The molecule has 0 bridgehead atoms. The number of benzene rings is 1. The van der Waals surface area contributed by atoms with E-state index in [2.05, 4.69) is 39.6 Å². The van der Waals surface area contributed by atoms with E-state index in [1.807, 2.05) is 4.57 Å². The first-order valence-corrected chi connectivity index (χ1v) is 11.0. The molecule has 3 aromatic heterocycles. The lowest BCUT2D eigenvalue weighted by molar-refractivity contribution is 0.178. The maximum absolute atomic E-state index is 9.66. The van der Waals surface area contributed by atoms with Crippen LogP contribution in [0.1, 0.15) is 36.8 Å². The molecule has 0 amide bonds. The number of imidazole rings is 1. The number of nitrogens with one attached hydrogen (secondary N) is 1. The normalized spacial score (nSPS) is 19.2. The second-order valence-electron chi connectivity index (χ2n) is 7.85. The Kier molecular flexibility index (Phi) is 5.07. The molecular formula is C22H22N6OS. The standard InChI is InChI=1S/C22H22N6OS/c23-9-15-7-19-21(24-10-15)28(13-25-19)11-14-5-6-18-20(8-14)30-22(27-18)26-17-4-2-1-3-16(17)12-29/h5-8,10,13,16-17,29H,1-4,11-12H2,(H,26,27). The summed E-state index contributed by atoms with van der Waals surface area (Å²) in [7, 11) is 0. The van der Waals surface area contributed by atoms with Gasteiger partial charge >= 0.3 is 0 Å². The van der Waals surface area contributed by atoms with Crippen molar-refractivity contribution in [1.82, 2.24) is 19.5 Å². The van der Waals surface area contributed by atoms with E-state index in [0.29, 0.717) is 24.1 Å². The van der Waals surface area contributed by atoms with Gasteiger partial charge in [-0.15, -0.1) is 0 Å². The summed E-state index contributed by atoms with van der Waals surface area (Å²) >= 11 is 1.66. The molecule has 3 heterocycles. The first-order valence-electron chi connectivity index (χ1n) is 10.2. The summed E-state index contributed by atoms with van der Waals surface area (Å²) < 4.78 is 3.13. The quantitative estimate of drug-likeness (QED) is 0.509. The van der Waals surface area contributed by atoms with Crippen molar-refractivity contribution < 1.29 is 5.11 Å². The SMILES string of the molecule is N#Cc1cnc2c(c1)ncn2Cc1ccc2nc(NC3CCCCC3CO)sc2c1. The number of nitrogens with zero attached hydrogens (tertiary/aromatic N) is 5. The van der Waals surface area contributed by atoms with Crippen LogP contribution in [0, 0.1) is 17.2 Å². The Bertz CT molecular complexity index is 1240. The number of pyridine rings is 1. The molecule has 5 rings (SSSR count). The van der Waals surface area contributed by atoms with Gasteiger partial charge in [-0.05, 0) is 36.6 Å². The molecule has 2 unspecified atom stereocenters. The van der Waals surface area contributed by atoms with Gasteiger partial charge < -0.3 is 15.0 Å². The molecule has 1 saturated carbocycles. The first-order chi connectivity index (χ1) is 14.7. The van der Waals surface area contributed by atoms with Crippen LogP contribution < -0.4 is 5.32 Å². The fraction of sp³-hybridized carbons (Fsp3) is 0.364. The fourth-order valence-corrected chi connectivity index (χ4v) is 5.22. The van der Waals surface area contributed by atoms with Crippen LogP contribution in [0.25, 0.3) is 21.4 Å². The van der Waals surface area contributed by atoms with E-state index in [4.69, 9.17) is 10.2 Å². The molecule has 4 aromatic rings. The van der Waals surface area contributed by atoms with Crippen molar-refractivity contribution in [3.63, 3.8) is 0 Å². The maximum atomic E-state index is 9.66. The van der Waals surface area contributed by atoms with Crippen molar-refractivity contribution in [2.24, 2.45) is 5.92 Å². The highest BCUT2D eigenvalue weighted by atomic mass is 32.1. The second kappa shape index (κ2) is 8.01. The number of fused-ring (bicyclic) bond motifs is 2. The minimum absolute atomic E-state index is 0.232.